The van der Waals surface area contributed by atoms with Crippen molar-refractivity contribution < 1.29 is 4.79 Å². The Morgan fingerprint density at radius 2 is 1.84 bits per heavy atom. The van der Waals surface area contributed by atoms with Gasteiger partial charge in [-0.15, -0.1) is 11.6 Å². The van der Waals surface area contributed by atoms with Gasteiger partial charge in [-0.3, -0.25) is 4.79 Å². The quantitative estimate of drug-likeness (QED) is 0.837. The van der Waals surface area contributed by atoms with Gasteiger partial charge in [-0.2, -0.15) is 0 Å². The molecule has 2 unspecified atom stereocenters. The van der Waals surface area contributed by atoms with E-state index in [1.54, 1.807) is 0 Å². The largest absolute Gasteiger partial charge is 0.352 e. The topological polar surface area (TPSA) is 29.1 Å². The molecule has 104 valence electrons. The number of alkyl halides is 1. The average molecular weight is 280 g/mol. The Morgan fingerprint density at radius 1 is 1.21 bits per heavy atom. The van der Waals surface area contributed by atoms with Gasteiger partial charge in [0.1, 0.15) is 0 Å². The van der Waals surface area contributed by atoms with E-state index in [0.29, 0.717) is 12.5 Å². The molecule has 0 bridgehead atoms. The maximum absolute atomic E-state index is 12.1. The first-order valence-electron chi connectivity index (χ1n) is 7.07. The van der Waals surface area contributed by atoms with Crippen LogP contribution in [0.4, 0.5) is 0 Å². The van der Waals surface area contributed by atoms with Gasteiger partial charge in [-0.05, 0) is 44.7 Å². The Hall–Kier alpha value is -1.02. The van der Waals surface area contributed by atoms with E-state index in [4.69, 9.17) is 11.6 Å². The lowest BCUT2D eigenvalue weighted by Crippen LogP contribution is -2.34. The van der Waals surface area contributed by atoms with Crippen LogP contribution in [0.1, 0.15) is 47.2 Å². The number of halogens is 1. The number of carbonyl (C=O) groups is 1. The van der Waals surface area contributed by atoms with Gasteiger partial charge in [0, 0.05) is 17.5 Å². The van der Waals surface area contributed by atoms with E-state index in [2.05, 4.69) is 11.4 Å². The van der Waals surface area contributed by atoms with Crippen LogP contribution in [-0.2, 0) is 0 Å². The fourth-order valence-corrected chi connectivity index (χ4v) is 3.19. The summed E-state index contributed by atoms with van der Waals surface area (Å²) < 4.78 is 0. The van der Waals surface area contributed by atoms with E-state index in [1.165, 1.54) is 12.8 Å². The third kappa shape index (κ3) is 3.97. The summed E-state index contributed by atoms with van der Waals surface area (Å²) in [4.78, 5) is 12.1. The predicted molar refractivity (Wildman–Crippen MR) is 79.8 cm³/mol. The van der Waals surface area contributed by atoms with E-state index in [9.17, 15) is 4.79 Å². The molecule has 0 heterocycles. The number of hydrogen-bond acceptors (Lipinski definition) is 1. The number of hydrogen-bond donors (Lipinski definition) is 1. The van der Waals surface area contributed by atoms with Gasteiger partial charge in [-0.25, -0.2) is 0 Å². The molecule has 1 fully saturated rings. The van der Waals surface area contributed by atoms with Crippen LogP contribution < -0.4 is 5.32 Å². The smallest absolute Gasteiger partial charge is 0.251 e. The van der Waals surface area contributed by atoms with Gasteiger partial charge in [0.05, 0.1) is 0 Å². The van der Waals surface area contributed by atoms with Crippen molar-refractivity contribution in [2.75, 3.05) is 6.54 Å². The Balaban J connectivity index is 1.93. The predicted octanol–water partition coefficient (Wildman–Crippen LogP) is 3.83. The van der Waals surface area contributed by atoms with Crippen LogP contribution in [0.15, 0.2) is 18.2 Å². The molecule has 1 aliphatic rings. The maximum atomic E-state index is 12.1. The number of aryl methyl sites for hydroxylation is 2. The van der Waals surface area contributed by atoms with Crippen LogP contribution in [0.2, 0.25) is 0 Å². The first kappa shape index (κ1) is 14.4. The first-order chi connectivity index (χ1) is 9.06. The normalized spacial score (nSPS) is 23.1. The van der Waals surface area contributed by atoms with Crippen LogP contribution in [0.25, 0.3) is 0 Å². The Bertz CT molecular complexity index is 438. The van der Waals surface area contributed by atoms with Crippen LogP contribution in [0.3, 0.4) is 0 Å². The zero-order chi connectivity index (χ0) is 13.8. The molecule has 2 rings (SSSR count). The van der Waals surface area contributed by atoms with Crippen LogP contribution in [0.5, 0.6) is 0 Å². The molecule has 1 aliphatic carbocycles. The zero-order valence-electron chi connectivity index (χ0n) is 11.7. The number of rotatable bonds is 3. The minimum atomic E-state index is 0.0150. The van der Waals surface area contributed by atoms with Crippen LogP contribution in [0, 0.1) is 19.8 Å². The molecule has 0 radical (unpaired) electrons. The lowest BCUT2D eigenvalue weighted by molar-refractivity contribution is 0.0944. The second kappa shape index (κ2) is 6.42. The minimum absolute atomic E-state index is 0.0150. The van der Waals surface area contributed by atoms with Crippen molar-refractivity contribution in [1.29, 1.82) is 0 Å². The molecular formula is C16H22ClNO. The lowest BCUT2D eigenvalue weighted by Gasteiger charge is -2.27. The van der Waals surface area contributed by atoms with Crippen molar-refractivity contribution in [2.24, 2.45) is 5.92 Å². The van der Waals surface area contributed by atoms with Crippen LogP contribution in [-0.4, -0.2) is 17.8 Å². The van der Waals surface area contributed by atoms with E-state index < -0.39 is 0 Å². The molecule has 1 saturated carbocycles. The highest BCUT2D eigenvalue weighted by atomic mass is 35.5. The summed E-state index contributed by atoms with van der Waals surface area (Å²) in [5.41, 5.74) is 3.00. The first-order valence-corrected chi connectivity index (χ1v) is 7.50. The van der Waals surface area contributed by atoms with Gasteiger partial charge in [0.2, 0.25) is 0 Å². The summed E-state index contributed by atoms with van der Waals surface area (Å²) in [7, 11) is 0. The van der Waals surface area contributed by atoms with Crippen LogP contribution >= 0.6 is 11.6 Å². The average Bonchev–Trinajstić information content (AvgIpc) is 2.36. The monoisotopic (exact) mass is 279 g/mol. The fraction of sp³-hybridized carbons (Fsp3) is 0.562. The standard InChI is InChI=1S/C16H22ClNO/c1-11-7-12(2)9-14(8-11)16(19)18-10-13-5-3-4-6-15(13)17/h7-9,13,15H,3-6,10H2,1-2H3,(H,18,19). The number of carbonyl (C=O) groups excluding carboxylic acids is 1. The van der Waals surface area contributed by atoms with Gasteiger partial charge in [0.25, 0.3) is 5.91 Å². The highest BCUT2D eigenvalue weighted by Gasteiger charge is 2.23. The van der Waals surface area contributed by atoms with Crippen molar-refractivity contribution >= 4 is 17.5 Å². The Labute approximate surface area is 120 Å². The molecule has 1 amide bonds. The van der Waals surface area contributed by atoms with Crippen molar-refractivity contribution in [1.82, 2.24) is 5.32 Å². The summed E-state index contributed by atoms with van der Waals surface area (Å²) in [6.07, 6.45) is 4.65. The van der Waals surface area contributed by atoms with Crippen molar-refractivity contribution in [3.63, 3.8) is 0 Å². The number of nitrogens with one attached hydrogen (secondary N) is 1. The molecule has 1 aromatic rings. The summed E-state index contributed by atoms with van der Waals surface area (Å²) >= 11 is 6.31. The molecule has 0 spiro atoms. The summed E-state index contributed by atoms with van der Waals surface area (Å²) in [5.74, 6) is 0.437. The summed E-state index contributed by atoms with van der Waals surface area (Å²) in [5, 5.41) is 3.25. The second-order valence-corrected chi connectivity index (χ2v) is 6.21. The van der Waals surface area contributed by atoms with E-state index in [0.717, 1.165) is 29.5 Å². The van der Waals surface area contributed by atoms with Crippen molar-refractivity contribution in [2.45, 2.75) is 44.9 Å². The Kier molecular flexibility index (Phi) is 4.87. The molecule has 3 heteroatoms. The number of benzene rings is 1. The highest BCUT2D eigenvalue weighted by Crippen LogP contribution is 2.28. The molecule has 19 heavy (non-hydrogen) atoms. The minimum Gasteiger partial charge on any atom is -0.352 e. The maximum Gasteiger partial charge on any atom is 0.251 e. The molecule has 1 N–H and O–H groups in total. The number of amides is 1. The van der Waals surface area contributed by atoms with E-state index in [1.807, 2.05) is 26.0 Å². The van der Waals surface area contributed by atoms with Gasteiger partial charge in [0.15, 0.2) is 0 Å². The molecule has 2 nitrogen and oxygen atoms in total. The van der Waals surface area contributed by atoms with Crippen molar-refractivity contribution in [3.8, 4) is 0 Å². The van der Waals surface area contributed by atoms with Gasteiger partial charge < -0.3 is 5.32 Å². The van der Waals surface area contributed by atoms with Gasteiger partial charge >= 0.3 is 0 Å². The molecule has 2 atom stereocenters. The van der Waals surface area contributed by atoms with E-state index >= 15 is 0 Å². The molecule has 0 aromatic heterocycles. The highest BCUT2D eigenvalue weighted by molar-refractivity contribution is 6.20. The van der Waals surface area contributed by atoms with E-state index in [-0.39, 0.29) is 11.3 Å². The third-order valence-corrected chi connectivity index (χ3v) is 4.40. The van der Waals surface area contributed by atoms with Crippen molar-refractivity contribution in [3.05, 3.63) is 34.9 Å². The molecule has 0 aliphatic heterocycles. The molecule has 0 saturated heterocycles. The summed E-state index contributed by atoms with van der Waals surface area (Å²) in [6.45, 7) is 4.72. The SMILES string of the molecule is Cc1cc(C)cc(C(=O)NCC2CCCCC2Cl)c1. The second-order valence-electron chi connectivity index (χ2n) is 5.65. The molecule has 1 aromatic carbocycles. The Morgan fingerprint density at radius 3 is 2.47 bits per heavy atom. The lowest BCUT2D eigenvalue weighted by atomic mass is 9.88. The third-order valence-electron chi connectivity index (χ3n) is 3.83. The fourth-order valence-electron chi connectivity index (χ4n) is 2.82. The van der Waals surface area contributed by atoms with Gasteiger partial charge in [-0.1, -0.05) is 30.0 Å². The zero-order valence-corrected chi connectivity index (χ0v) is 12.5. The molecular weight excluding hydrogens is 258 g/mol. The summed E-state index contributed by atoms with van der Waals surface area (Å²) in [6, 6.07) is 5.94.